The maximum absolute atomic E-state index is 12.2. The van der Waals surface area contributed by atoms with E-state index in [-0.39, 0.29) is 11.8 Å². The molecule has 18 heavy (non-hydrogen) atoms. The van der Waals surface area contributed by atoms with Crippen molar-refractivity contribution in [2.75, 3.05) is 11.1 Å². The first-order chi connectivity index (χ1) is 8.54. The zero-order chi connectivity index (χ0) is 12.9. The molecule has 1 amide bonds. The molecule has 3 N–H and O–H groups in total. The van der Waals surface area contributed by atoms with Crippen LogP contribution in [0.3, 0.4) is 0 Å². The van der Waals surface area contributed by atoms with Gasteiger partial charge in [-0.15, -0.1) is 0 Å². The lowest BCUT2D eigenvalue weighted by atomic mass is 10.0. The minimum Gasteiger partial charge on any atom is -0.397 e. The van der Waals surface area contributed by atoms with Crippen molar-refractivity contribution in [3.8, 4) is 0 Å². The molecule has 5 heteroatoms. The summed E-state index contributed by atoms with van der Waals surface area (Å²) in [6.45, 7) is 0. The highest BCUT2D eigenvalue weighted by Crippen LogP contribution is 2.54. The zero-order valence-corrected chi connectivity index (χ0v) is 12.9. The molecule has 3 nitrogen and oxygen atoms in total. The average Bonchev–Trinajstić information content (AvgIpc) is 2.90. The molecule has 2 unspecified atom stereocenters. The molecule has 0 radical (unpaired) electrons. The highest BCUT2D eigenvalue weighted by atomic mass is 79.9. The summed E-state index contributed by atoms with van der Waals surface area (Å²) in [7, 11) is 0. The van der Waals surface area contributed by atoms with Crippen LogP contribution in [0, 0.1) is 17.8 Å². The minimum atomic E-state index is 0.108. The smallest absolute Gasteiger partial charge is 0.227 e. The first-order valence-corrected chi connectivity index (χ1v) is 7.68. The number of hydrogen-bond donors (Lipinski definition) is 2. The summed E-state index contributed by atoms with van der Waals surface area (Å²) in [6, 6.07) is 3.69. The van der Waals surface area contributed by atoms with Gasteiger partial charge in [0, 0.05) is 14.9 Å². The number of fused-ring (bicyclic) bond motifs is 1. The van der Waals surface area contributed by atoms with Crippen LogP contribution in [0.1, 0.15) is 19.3 Å². The van der Waals surface area contributed by atoms with Crippen molar-refractivity contribution in [1.82, 2.24) is 0 Å². The van der Waals surface area contributed by atoms with E-state index in [1.165, 1.54) is 6.42 Å². The van der Waals surface area contributed by atoms with Crippen molar-refractivity contribution in [3.63, 3.8) is 0 Å². The number of rotatable bonds is 2. The van der Waals surface area contributed by atoms with E-state index in [0.29, 0.717) is 11.4 Å². The number of halogens is 2. The minimum absolute atomic E-state index is 0.108. The lowest BCUT2D eigenvalue weighted by Gasteiger charge is -2.15. The summed E-state index contributed by atoms with van der Waals surface area (Å²) in [6.07, 6.45) is 3.42. The van der Waals surface area contributed by atoms with Crippen LogP contribution < -0.4 is 11.1 Å². The molecule has 2 fully saturated rings. The molecule has 1 aromatic carbocycles. The fraction of sp³-hybridized carbons (Fsp3) is 0.462. The van der Waals surface area contributed by atoms with Crippen LogP contribution in [0.4, 0.5) is 11.4 Å². The van der Waals surface area contributed by atoms with Gasteiger partial charge in [-0.25, -0.2) is 0 Å². The Morgan fingerprint density at radius 1 is 1.22 bits per heavy atom. The standard InChI is InChI=1S/C13H14Br2N2O/c14-9-4-10(15)12(11(16)5-9)17-13(18)8-2-6-1-7(6)3-8/h4-8H,1-3,16H2,(H,17,18). The van der Waals surface area contributed by atoms with Crippen LogP contribution >= 0.6 is 31.9 Å². The molecule has 2 saturated carbocycles. The Kier molecular flexibility index (Phi) is 3.14. The van der Waals surface area contributed by atoms with Gasteiger partial charge in [0.25, 0.3) is 0 Å². The summed E-state index contributed by atoms with van der Waals surface area (Å²) in [5.41, 5.74) is 7.19. The second-order valence-corrected chi connectivity index (χ2v) is 7.04. The van der Waals surface area contributed by atoms with Crippen LogP contribution in [0.15, 0.2) is 21.1 Å². The van der Waals surface area contributed by atoms with Gasteiger partial charge in [0.15, 0.2) is 0 Å². The Labute approximate surface area is 123 Å². The number of hydrogen-bond acceptors (Lipinski definition) is 2. The van der Waals surface area contributed by atoms with Crippen molar-refractivity contribution in [3.05, 3.63) is 21.1 Å². The molecular formula is C13H14Br2N2O. The quantitative estimate of drug-likeness (QED) is 0.775. The molecule has 1 aromatic rings. The van der Waals surface area contributed by atoms with Crippen molar-refractivity contribution in [2.45, 2.75) is 19.3 Å². The summed E-state index contributed by atoms with van der Waals surface area (Å²) >= 11 is 6.80. The number of carbonyl (C=O) groups excluding carboxylic acids is 1. The Bertz CT molecular complexity index is 485. The molecule has 2 atom stereocenters. The van der Waals surface area contributed by atoms with E-state index in [1.807, 2.05) is 6.07 Å². The second-order valence-electron chi connectivity index (χ2n) is 5.27. The molecule has 0 saturated heterocycles. The van der Waals surface area contributed by atoms with Gasteiger partial charge in [0.1, 0.15) is 0 Å². The molecule has 0 aliphatic heterocycles. The van der Waals surface area contributed by atoms with E-state index >= 15 is 0 Å². The van der Waals surface area contributed by atoms with Crippen LogP contribution in [0.25, 0.3) is 0 Å². The van der Waals surface area contributed by atoms with E-state index in [4.69, 9.17) is 5.73 Å². The number of nitrogen functional groups attached to an aromatic ring is 1. The number of anilines is 2. The fourth-order valence-corrected chi connectivity index (χ4v) is 4.24. The van der Waals surface area contributed by atoms with Gasteiger partial charge in [0.05, 0.1) is 11.4 Å². The van der Waals surface area contributed by atoms with Gasteiger partial charge < -0.3 is 11.1 Å². The van der Waals surface area contributed by atoms with Gasteiger partial charge in [-0.1, -0.05) is 15.9 Å². The Balaban J connectivity index is 1.74. The molecule has 0 spiro atoms. The number of carbonyl (C=O) groups is 1. The molecular weight excluding hydrogens is 360 g/mol. The van der Waals surface area contributed by atoms with Crippen molar-refractivity contribution < 1.29 is 4.79 Å². The molecule has 2 aliphatic carbocycles. The number of nitrogens with one attached hydrogen (secondary N) is 1. The van der Waals surface area contributed by atoms with E-state index in [1.54, 1.807) is 6.07 Å². The van der Waals surface area contributed by atoms with Crippen LogP contribution in [-0.2, 0) is 4.79 Å². The Hall–Kier alpha value is -0.550. The highest BCUT2D eigenvalue weighted by molar-refractivity contribution is 9.11. The third kappa shape index (κ3) is 2.30. The SMILES string of the molecule is Nc1cc(Br)cc(Br)c1NC(=O)C1CC2CC2C1. The monoisotopic (exact) mass is 372 g/mol. The molecule has 0 bridgehead atoms. The number of benzene rings is 1. The van der Waals surface area contributed by atoms with Crippen molar-refractivity contribution in [1.29, 1.82) is 0 Å². The third-order valence-corrected chi connectivity index (χ3v) is 5.03. The van der Waals surface area contributed by atoms with Gasteiger partial charge in [-0.3, -0.25) is 4.79 Å². The van der Waals surface area contributed by atoms with E-state index < -0.39 is 0 Å². The lowest BCUT2D eigenvalue weighted by molar-refractivity contribution is -0.120. The van der Waals surface area contributed by atoms with Gasteiger partial charge in [-0.2, -0.15) is 0 Å². The Morgan fingerprint density at radius 3 is 2.50 bits per heavy atom. The first kappa shape index (κ1) is 12.5. The maximum Gasteiger partial charge on any atom is 0.227 e. The number of amides is 1. The molecule has 0 heterocycles. The largest absolute Gasteiger partial charge is 0.397 e. The molecule has 0 aromatic heterocycles. The lowest BCUT2D eigenvalue weighted by Crippen LogP contribution is -2.22. The predicted molar refractivity (Wildman–Crippen MR) is 79.2 cm³/mol. The normalized spacial score (nSPS) is 28.9. The van der Waals surface area contributed by atoms with Gasteiger partial charge in [-0.05, 0) is 59.2 Å². The summed E-state index contributed by atoms with van der Waals surface area (Å²) in [4.78, 5) is 12.2. The topological polar surface area (TPSA) is 55.1 Å². The van der Waals surface area contributed by atoms with Crippen molar-refractivity contribution >= 4 is 49.1 Å². The fourth-order valence-electron chi connectivity index (χ4n) is 2.88. The van der Waals surface area contributed by atoms with E-state index in [0.717, 1.165) is 33.6 Å². The van der Waals surface area contributed by atoms with Crippen LogP contribution in [-0.4, -0.2) is 5.91 Å². The Morgan fingerprint density at radius 2 is 1.89 bits per heavy atom. The second kappa shape index (κ2) is 4.53. The molecule has 3 rings (SSSR count). The summed E-state index contributed by atoms with van der Waals surface area (Å²) in [5, 5.41) is 2.96. The molecule has 2 aliphatic rings. The van der Waals surface area contributed by atoms with Crippen LogP contribution in [0.2, 0.25) is 0 Å². The number of nitrogens with two attached hydrogens (primary N) is 1. The molecule has 96 valence electrons. The first-order valence-electron chi connectivity index (χ1n) is 6.10. The predicted octanol–water partition coefficient (Wildman–Crippen LogP) is 3.78. The summed E-state index contributed by atoms with van der Waals surface area (Å²) in [5.74, 6) is 1.90. The zero-order valence-electron chi connectivity index (χ0n) is 9.75. The third-order valence-electron chi connectivity index (χ3n) is 3.95. The van der Waals surface area contributed by atoms with Crippen LogP contribution in [0.5, 0.6) is 0 Å². The average molecular weight is 374 g/mol. The maximum atomic E-state index is 12.2. The van der Waals surface area contributed by atoms with Gasteiger partial charge in [0.2, 0.25) is 5.91 Å². The van der Waals surface area contributed by atoms with E-state index in [9.17, 15) is 4.79 Å². The van der Waals surface area contributed by atoms with Crippen molar-refractivity contribution in [2.24, 2.45) is 17.8 Å². The summed E-state index contributed by atoms with van der Waals surface area (Å²) < 4.78 is 1.71. The van der Waals surface area contributed by atoms with Gasteiger partial charge >= 0.3 is 0 Å². The highest BCUT2D eigenvalue weighted by Gasteiger charge is 2.48. The van der Waals surface area contributed by atoms with E-state index in [2.05, 4.69) is 37.2 Å².